The normalized spacial score (nSPS) is 48.6. The lowest BCUT2D eigenvalue weighted by molar-refractivity contribution is -0.625. The van der Waals surface area contributed by atoms with Crippen LogP contribution in [0.3, 0.4) is 0 Å². The van der Waals surface area contributed by atoms with Gasteiger partial charge in [-0.3, -0.25) is 0 Å². The van der Waals surface area contributed by atoms with Crippen molar-refractivity contribution >= 4 is 6.09 Å². The Morgan fingerprint density at radius 1 is 1.04 bits per heavy atom. The highest BCUT2D eigenvalue weighted by Gasteiger charge is 3.09. The van der Waals surface area contributed by atoms with Crippen molar-refractivity contribution < 1.29 is 14.3 Å². The molecule has 0 aromatic heterocycles. The quantitative estimate of drug-likeness (QED) is 0.916. The van der Waals surface area contributed by atoms with Crippen LogP contribution < -0.4 is 10.1 Å². The number of rotatable bonds is 4. The topological polar surface area (TPSA) is 47.6 Å². The van der Waals surface area contributed by atoms with Gasteiger partial charge in [0, 0.05) is 0 Å². The zero-order valence-electron chi connectivity index (χ0n) is 15.2. The smallest absolute Gasteiger partial charge is 0.408 e. The molecule has 1 amide bonds. The number of hydrogen-bond donors (Lipinski definition) is 1. The fraction of sp³-hybridized carbons (Fsp3) is 0.667. The van der Waals surface area contributed by atoms with Crippen LogP contribution in [0.2, 0.25) is 0 Å². The van der Waals surface area contributed by atoms with Crippen molar-refractivity contribution in [1.82, 2.24) is 5.32 Å². The summed E-state index contributed by atoms with van der Waals surface area (Å²) >= 11 is 0. The van der Waals surface area contributed by atoms with E-state index in [1.165, 1.54) is 12.0 Å². The molecule has 6 saturated carbocycles. The number of benzene rings is 1. The molecule has 4 nitrogen and oxygen atoms in total. The molecule has 0 unspecified atom stereocenters. The highest BCUT2D eigenvalue weighted by atomic mass is 16.6. The summed E-state index contributed by atoms with van der Waals surface area (Å²) in [4.78, 5) is 12.2. The van der Waals surface area contributed by atoms with Crippen LogP contribution in [0.5, 0.6) is 5.75 Å². The molecule has 0 saturated heterocycles. The lowest BCUT2D eigenvalue weighted by atomic mass is 8.94. The van der Waals surface area contributed by atoms with E-state index in [2.05, 4.69) is 29.6 Å². The number of methoxy groups -OCH3 is 1. The second-order valence-electron chi connectivity index (χ2n) is 9.85. The van der Waals surface area contributed by atoms with Crippen LogP contribution >= 0.6 is 0 Å². The molecule has 0 spiro atoms. The first kappa shape index (κ1) is 14.5. The summed E-state index contributed by atoms with van der Waals surface area (Å²) in [5.41, 5.74) is 1.72. The second kappa shape index (κ2) is 3.84. The summed E-state index contributed by atoms with van der Waals surface area (Å²) in [5, 5.41) is 3.28. The van der Waals surface area contributed by atoms with Gasteiger partial charge in [0.15, 0.2) is 0 Å². The zero-order chi connectivity index (χ0) is 17.4. The first-order valence-corrected chi connectivity index (χ1v) is 9.49. The highest BCUT2D eigenvalue weighted by Crippen LogP contribution is 3.07. The van der Waals surface area contributed by atoms with Crippen molar-refractivity contribution in [3.05, 3.63) is 29.8 Å². The van der Waals surface area contributed by atoms with Gasteiger partial charge in [-0.2, -0.15) is 0 Å². The van der Waals surface area contributed by atoms with Gasteiger partial charge in [-0.1, -0.05) is 12.1 Å². The first-order valence-electron chi connectivity index (χ1n) is 9.49. The maximum absolute atomic E-state index is 12.2. The standard InChI is InChI=1S/C21H25NO3/c1-19(2,3)25-18(23)22-21-15-12-16(21)14-17(21)13(15)20(12,14)9-10-5-7-11(24-4)8-6-10/h5-8,12-17H,9H2,1-4H3,(H,22,23). The van der Waals surface area contributed by atoms with E-state index < -0.39 is 5.60 Å². The van der Waals surface area contributed by atoms with Crippen molar-refractivity contribution in [2.75, 3.05) is 7.11 Å². The Morgan fingerprint density at radius 3 is 2.08 bits per heavy atom. The minimum atomic E-state index is -0.418. The molecule has 6 aliphatic carbocycles. The van der Waals surface area contributed by atoms with E-state index in [1.807, 2.05) is 20.8 Å². The molecule has 1 aromatic carbocycles. The maximum Gasteiger partial charge on any atom is 0.408 e. The summed E-state index contributed by atoms with van der Waals surface area (Å²) in [6, 6.07) is 8.58. The summed E-state index contributed by atoms with van der Waals surface area (Å²) in [6.45, 7) is 5.78. The van der Waals surface area contributed by atoms with Crippen LogP contribution in [-0.4, -0.2) is 24.3 Å². The van der Waals surface area contributed by atoms with Gasteiger partial charge in [0.1, 0.15) is 11.4 Å². The Bertz CT molecular complexity index is 737. The third-order valence-corrected chi connectivity index (χ3v) is 8.22. The van der Waals surface area contributed by atoms with Gasteiger partial charge < -0.3 is 14.8 Å². The van der Waals surface area contributed by atoms with Gasteiger partial charge in [-0.05, 0) is 85.8 Å². The van der Waals surface area contributed by atoms with E-state index in [9.17, 15) is 4.79 Å². The Hall–Kier alpha value is -1.71. The van der Waals surface area contributed by atoms with Crippen molar-refractivity contribution in [1.29, 1.82) is 0 Å². The summed E-state index contributed by atoms with van der Waals surface area (Å²) < 4.78 is 10.8. The molecule has 7 rings (SSSR count). The molecule has 0 radical (unpaired) electrons. The van der Waals surface area contributed by atoms with Crippen molar-refractivity contribution in [2.45, 2.75) is 38.3 Å². The fourth-order valence-electron chi connectivity index (χ4n) is 7.93. The minimum absolute atomic E-state index is 0.129. The van der Waals surface area contributed by atoms with Gasteiger partial charge in [0.05, 0.1) is 12.6 Å². The number of hydrogen-bond acceptors (Lipinski definition) is 3. The van der Waals surface area contributed by atoms with Crippen LogP contribution in [0.1, 0.15) is 26.3 Å². The van der Waals surface area contributed by atoms with Gasteiger partial charge in [-0.15, -0.1) is 0 Å². The van der Waals surface area contributed by atoms with E-state index >= 15 is 0 Å². The second-order valence-corrected chi connectivity index (χ2v) is 9.85. The molecule has 4 heteroatoms. The largest absolute Gasteiger partial charge is 0.497 e. The molecule has 0 heterocycles. The van der Waals surface area contributed by atoms with Crippen molar-refractivity contribution in [2.24, 2.45) is 40.9 Å². The van der Waals surface area contributed by atoms with Gasteiger partial charge in [0.2, 0.25) is 0 Å². The first-order chi connectivity index (χ1) is 11.8. The SMILES string of the molecule is COc1ccc(CC23C4C5C2C2C3C4C52NC(=O)OC(C)(C)C)cc1. The predicted molar refractivity (Wildman–Crippen MR) is 92.2 cm³/mol. The fourth-order valence-corrected chi connectivity index (χ4v) is 7.93. The maximum atomic E-state index is 12.2. The molecule has 0 atom stereocenters. The molecule has 0 bridgehead atoms. The van der Waals surface area contributed by atoms with Crippen LogP contribution in [-0.2, 0) is 11.2 Å². The minimum Gasteiger partial charge on any atom is -0.497 e. The van der Waals surface area contributed by atoms with E-state index in [0.717, 1.165) is 41.3 Å². The van der Waals surface area contributed by atoms with E-state index in [1.54, 1.807) is 7.11 Å². The van der Waals surface area contributed by atoms with Crippen molar-refractivity contribution in [3.63, 3.8) is 0 Å². The Morgan fingerprint density at radius 2 is 1.60 bits per heavy atom. The molecule has 132 valence electrons. The number of nitrogens with one attached hydrogen (secondary N) is 1. The summed E-state index contributed by atoms with van der Waals surface area (Å²) in [6.07, 6.45) is 0.996. The van der Waals surface area contributed by atoms with Gasteiger partial charge in [-0.25, -0.2) is 4.79 Å². The molecule has 6 aliphatic rings. The van der Waals surface area contributed by atoms with Crippen LogP contribution in [0.15, 0.2) is 24.3 Å². The number of carbonyl (C=O) groups is 1. The van der Waals surface area contributed by atoms with Gasteiger partial charge in [0.25, 0.3) is 0 Å². The molecule has 25 heavy (non-hydrogen) atoms. The Kier molecular flexibility index (Phi) is 2.22. The lowest BCUT2D eigenvalue weighted by Gasteiger charge is -3.11. The average molecular weight is 339 g/mol. The molecular formula is C21H25NO3. The van der Waals surface area contributed by atoms with E-state index in [-0.39, 0.29) is 11.6 Å². The Labute approximate surface area is 148 Å². The van der Waals surface area contributed by atoms with E-state index in [0.29, 0.717) is 5.41 Å². The molecule has 0 aliphatic heterocycles. The molecular weight excluding hydrogens is 314 g/mol. The zero-order valence-corrected chi connectivity index (χ0v) is 15.2. The van der Waals surface area contributed by atoms with Crippen molar-refractivity contribution in [3.8, 4) is 5.75 Å². The third kappa shape index (κ3) is 1.26. The van der Waals surface area contributed by atoms with Crippen LogP contribution in [0.4, 0.5) is 4.79 Å². The summed E-state index contributed by atoms with van der Waals surface area (Å²) in [5.74, 6) is 5.69. The number of amides is 1. The third-order valence-electron chi connectivity index (χ3n) is 8.22. The number of alkyl carbamates (subject to hydrolysis) is 1. The average Bonchev–Trinajstić information content (AvgIpc) is 2.56. The molecule has 1 N–H and O–H groups in total. The monoisotopic (exact) mass is 339 g/mol. The molecule has 1 aromatic rings. The van der Waals surface area contributed by atoms with E-state index in [4.69, 9.17) is 9.47 Å². The highest BCUT2D eigenvalue weighted by molar-refractivity contribution is 5.74. The number of ether oxygens (including phenoxy) is 2. The van der Waals surface area contributed by atoms with Crippen LogP contribution in [0.25, 0.3) is 0 Å². The predicted octanol–water partition coefficient (Wildman–Crippen LogP) is 3.25. The Balaban J connectivity index is 1.15. The van der Waals surface area contributed by atoms with Crippen LogP contribution in [0, 0.1) is 40.9 Å². The van der Waals surface area contributed by atoms with Gasteiger partial charge >= 0.3 is 6.09 Å². The number of carbonyl (C=O) groups excluding carboxylic acids is 1. The lowest BCUT2D eigenvalue weighted by Crippen LogP contribution is -3.15. The summed E-state index contributed by atoms with van der Waals surface area (Å²) in [7, 11) is 1.71. The molecule has 6 fully saturated rings.